The highest BCUT2D eigenvalue weighted by Gasteiger charge is 2.24. The molecule has 0 aliphatic heterocycles. The van der Waals surface area contributed by atoms with E-state index in [0.717, 1.165) is 32.1 Å². The monoisotopic (exact) mass is 232 g/mol. The van der Waals surface area contributed by atoms with Gasteiger partial charge in [0.25, 0.3) is 0 Å². The van der Waals surface area contributed by atoms with Crippen molar-refractivity contribution in [2.75, 3.05) is 13.1 Å². The average molecular weight is 232 g/mol. The average Bonchev–Trinajstić information content (AvgIpc) is 2.26. The summed E-state index contributed by atoms with van der Waals surface area (Å²) in [5, 5.41) is 0. The third-order valence-electron chi connectivity index (χ3n) is 3.75. The van der Waals surface area contributed by atoms with Gasteiger partial charge in [-0.05, 0) is 44.8 Å². The fraction of sp³-hybridized carbons (Fsp3) is 0.600. The lowest BCUT2D eigenvalue weighted by atomic mass is 9.91. The number of hydrogen-bond acceptors (Lipinski definition) is 2. The lowest BCUT2D eigenvalue weighted by molar-refractivity contribution is 0.119. The van der Waals surface area contributed by atoms with Crippen LogP contribution in [0.25, 0.3) is 0 Å². The predicted octanol–water partition coefficient (Wildman–Crippen LogP) is 2.70. The van der Waals surface area contributed by atoms with E-state index in [1.807, 2.05) is 0 Å². The van der Waals surface area contributed by atoms with Crippen LogP contribution >= 0.6 is 0 Å². The highest BCUT2D eigenvalue weighted by Crippen LogP contribution is 2.26. The molecular weight excluding hydrogens is 208 g/mol. The van der Waals surface area contributed by atoms with E-state index in [4.69, 9.17) is 5.73 Å². The Morgan fingerprint density at radius 3 is 2.47 bits per heavy atom. The van der Waals surface area contributed by atoms with Crippen molar-refractivity contribution in [1.82, 2.24) is 4.90 Å². The Hall–Kier alpha value is -0.860. The zero-order chi connectivity index (χ0) is 12.1. The first kappa shape index (κ1) is 12.6. The molecule has 2 rings (SSSR count). The number of nitrogens with zero attached hydrogens (tertiary/aromatic N) is 1. The summed E-state index contributed by atoms with van der Waals surface area (Å²) in [6.07, 6.45) is 5.26. The molecule has 0 bridgehead atoms. The normalized spacial score (nSPS) is 16.2. The summed E-state index contributed by atoms with van der Waals surface area (Å²) in [6.45, 7) is 5.18. The molecule has 0 aromatic heterocycles. The minimum atomic E-state index is 0.803. The van der Waals surface area contributed by atoms with Crippen LogP contribution in [0.2, 0.25) is 0 Å². The van der Waals surface area contributed by atoms with Crippen LogP contribution in [-0.2, 0) is 6.54 Å². The third-order valence-corrected chi connectivity index (χ3v) is 3.75. The van der Waals surface area contributed by atoms with Gasteiger partial charge in [-0.3, -0.25) is 4.90 Å². The van der Waals surface area contributed by atoms with Gasteiger partial charge in [0.15, 0.2) is 0 Å². The van der Waals surface area contributed by atoms with Crippen molar-refractivity contribution in [3.8, 4) is 0 Å². The standard InChI is InChI=1S/C15H24N2/c1-13-6-8-14(9-7-13)12-17(11-3-10-16)15-4-2-5-15/h6-9,15H,2-5,10-12,16H2,1H3. The fourth-order valence-corrected chi connectivity index (χ4v) is 2.36. The molecule has 2 nitrogen and oxygen atoms in total. The van der Waals surface area contributed by atoms with Crippen molar-refractivity contribution in [1.29, 1.82) is 0 Å². The number of benzene rings is 1. The molecule has 0 atom stereocenters. The Labute approximate surface area is 105 Å². The molecule has 0 unspecified atom stereocenters. The smallest absolute Gasteiger partial charge is 0.0236 e. The van der Waals surface area contributed by atoms with Crippen LogP contribution in [0.5, 0.6) is 0 Å². The number of rotatable bonds is 6. The SMILES string of the molecule is Cc1ccc(CN(CCCN)C2CCC2)cc1. The number of aryl methyl sites for hydroxylation is 1. The van der Waals surface area contributed by atoms with Crippen molar-refractivity contribution in [3.63, 3.8) is 0 Å². The van der Waals surface area contributed by atoms with Crippen LogP contribution in [0, 0.1) is 6.92 Å². The van der Waals surface area contributed by atoms with Crippen molar-refractivity contribution in [2.45, 2.75) is 45.2 Å². The first-order chi connectivity index (χ1) is 8.29. The summed E-state index contributed by atoms with van der Waals surface area (Å²) in [5.74, 6) is 0. The summed E-state index contributed by atoms with van der Waals surface area (Å²) in [6, 6.07) is 9.73. The van der Waals surface area contributed by atoms with E-state index in [0.29, 0.717) is 0 Å². The van der Waals surface area contributed by atoms with Gasteiger partial charge >= 0.3 is 0 Å². The molecule has 1 aliphatic rings. The number of nitrogens with two attached hydrogens (primary N) is 1. The van der Waals surface area contributed by atoms with Crippen molar-refractivity contribution in [2.24, 2.45) is 5.73 Å². The van der Waals surface area contributed by atoms with Gasteiger partial charge in [-0.1, -0.05) is 36.2 Å². The van der Waals surface area contributed by atoms with E-state index >= 15 is 0 Å². The molecule has 0 saturated heterocycles. The molecular formula is C15H24N2. The first-order valence-electron chi connectivity index (χ1n) is 6.79. The maximum absolute atomic E-state index is 5.62. The van der Waals surface area contributed by atoms with Gasteiger partial charge in [0, 0.05) is 12.6 Å². The van der Waals surface area contributed by atoms with Crippen LogP contribution in [0.3, 0.4) is 0 Å². The van der Waals surface area contributed by atoms with E-state index in [1.54, 1.807) is 0 Å². The molecule has 1 aliphatic carbocycles. The van der Waals surface area contributed by atoms with E-state index in [9.17, 15) is 0 Å². The molecule has 0 spiro atoms. The highest BCUT2D eigenvalue weighted by atomic mass is 15.2. The van der Waals surface area contributed by atoms with Crippen LogP contribution in [-0.4, -0.2) is 24.0 Å². The van der Waals surface area contributed by atoms with Gasteiger partial charge in [0.05, 0.1) is 0 Å². The van der Waals surface area contributed by atoms with Crippen molar-refractivity contribution in [3.05, 3.63) is 35.4 Å². The maximum atomic E-state index is 5.62. The van der Waals surface area contributed by atoms with Crippen molar-refractivity contribution >= 4 is 0 Å². The summed E-state index contributed by atoms with van der Waals surface area (Å²) in [4.78, 5) is 2.61. The van der Waals surface area contributed by atoms with Gasteiger partial charge in [-0.15, -0.1) is 0 Å². The summed E-state index contributed by atoms with van der Waals surface area (Å²) >= 11 is 0. The minimum absolute atomic E-state index is 0.803. The Balaban J connectivity index is 1.93. The quantitative estimate of drug-likeness (QED) is 0.817. The zero-order valence-electron chi connectivity index (χ0n) is 10.9. The summed E-state index contributed by atoms with van der Waals surface area (Å²) < 4.78 is 0. The topological polar surface area (TPSA) is 29.3 Å². The van der Waals surface area contributed by atoms with E-state index < -0.39 is 0 Å². The van der Waals surface area contributed by atoms with Crippen LogP contribution in [0.1, 0.15) is 36.8 Å². The molecule has 0 heterocycles. The van der Waals surface area contributed by atoms with E-state index in [1.165, 1.54) is 30.4 Å². The lowest BCUT2D eigenvalue weighted by Gasteiger charge is -2.37. The second-order valence-electron chi connectivity index (χ2n) is 5.18. The van der Waals surface area contributed by atoms with Gasteiger partial charge in [0.1, 0.15) is 0 Å². The zero-order valence-corrected chi connectivity index (χ0v) is 10.9. The predicted molar refractivity (Wildman–Crippen MR) is 72.9 cm³/mol. The lowest BCUT2D eigenvalue weighted by Crippen LogP contribution is -2.40. The Bertz CT molecular complexity index is 327. The van der Waals surface area contributed by atoms with E-state index in [2.05, 4.69) is 36.1 Å². The van der Waals surface area contributed by atoms with Gasteiger partial charge in [-0.25, -0.2) is 0 Å². The molecule has 94 valence electrons. The van der Waals surface area contributed by atoms with Gasteiger partial charge < -0.3 is 5.73 Å². The largest absolute Gasteiger partial charge is 0.330 e. The second kappa shape index (κ2) is 6.18. The molecule has 1 saturated carbocycles. The maximum Gasteiger partial charge on any atom is 0.0236 e. The summed E-state index contributed by atoms with van der Waals surface area (Å²) in [7, 11) is 0. The molecule has 1 fully saturated rings. The van der Waals surface area contributed by atoms with Crippen molar-refractivity contribution < 1.29 is 0 Å². The molecule has 0 amide bonds. The molecule has 2 N–H and O–H groups in total. The van der Waals surface area contributed by atoms with E-state index in [-0.39, 0.29) is 0 Å². The molecule has 17 heavy (non-hydrogen) atoms. The minimum Gasteiger partial charge on any atom is -0.330 e. The first-order valence-corrected chi connectivity index (χ1v) is 6.79. The molecule has 0 radical (unpaired) electrons. The second-order valence-corrected chi connectivity index (χ2v) is 5.18. The third kappa shape index (κ3) is 3.55. The molecule has 1 aromatic rings. The highest BCUT2D eigenvalue weighted by molar-refractivity contribution is 5.21. The number of hydrogen-bond donors (Lipinski definition) is 1. The summed E-state index contributed by atoms with van der Waals surface area (Å²) in [5.41, 5.74) is 8.39. The Kier molecular flexibility index (Phi) is 4.57. The van der Waals surface area contributed by atoms with Crippen LogP contribution < -0.4 is 5.73 Å². The van der Waals surface area contributed by atoms with Crippen LogP contribution in [0.15, 0.2) is 24.3 Å². The Morgan fingerprint density at radius 2 is 1.94 bits per heavy atom. The Morgan fingerprint density at radius 1 is 1.24 bits per heavy atom. The van der Waals surface area contributed by atoms with Gasteiger partial charge in [0.2, 0.25) is 0 Å². The fourth-order valence-electron chi connectivity index (χ4n) is 2.36. The van der Waals surface area contributed by atoms with Crippen LogP contribution in [0.4, 0.5) is 0 Å². The molecule has 2 heteroatoms. The molecule has 1 aromatic carbocycles. The van der Waals surface area contributed by atoms with Gasteiger partial charge in [-0.2, -0.15) is 0 Å².